The molecule has 1 atom stereocenters. The zero-order chi connectivity index (χ0) is 20.0. The Balaban J connectivity index is 2.05. The molecule has 144 valence electrons. The number of nitrogens with one attached hydrogen (secondary N) is 1. The molecule has 2 rings (SSSR count). The molecule has 0 saturated heterocycles. The van der Waals surface area contributed by atoms with E-state index < -0.39 is 5.91 Å². The van der Waals surface area contributed by atoms with E-state index in [9.17, 15) is 9.59 Å². The van der Waals surface area contributed by atoms with Crippen LogP contribution >= 0.6 is 11.6 Å². The van der Waals surface area contributed by atoms with Crippen molar-refractivity contribution in [1.82, 2.24) is 5.32 Å². The Morgan fingerprint density at radius 2 is 1.81 bits per heavy atom. The molecule has 27 heavy (non-hydrogen) atoms. The largest absolute Gasteiger partial charge is 0.483 e. The summed E-state index contributed by atoms with van der Waals surface area (Å²) in [6.07, 6.45) is 0.968. The summed E-state index contributed by atoms with van der Waals surface area (Å²) in [5.74, 6) is -0.504. The zero-order valence-electron chi connectivity index (χ0n) is 15.8. The van der Waals surface area contributed by atoms with Gasteiger partial charge in [0.05, 0.1) is 11.6 Å². The number of carbonyl (C=O) groups is 2. The first kappa shape index (κ1) is 20.8. The summed E-state index contributed by atoms with van der Waals surface area (Å²) in [4.78, 5) is 23.9. The van der Waals surface area contributed by atoms with Crippen molar-refractivity contribution < 1.29 is 14.3 Å². The lowest BCUT2D eigenvalue weighted by molar-refractivity contribution is -0.124. The fraction of sp³-hybridized carbons (Fsp3) is 0.333. The van der Waals surface area contributed by atoms with Gasteiger partial charge >= 0.3 is 0 Å². The Kier molecular flexibility index (Phi) is 7.25. The van der Waals surface area contributed by atoms with Crippen molar-refractivity contribution in [3.8, 4) is 5.75 Å². The van der Waals surface area contributed by atoms with E-state index >= 15 is 0 Å². The molecule has 6 heteroatoms. The Hall–Kier alpha value is -2.53. The summed E-state index contributed by atoms with van der Waals surface area (Å²) in [6.45, 7) is 5.97. The van der Waals surface area contributed by atoms with Crippen molar-refractivity contribution in [3.05, 3.63) is 64.2 Å². The van der Waals surface area contributed by atoms with E-state index in [4.69, 9.17) is 22.1 Å². The van der Waals surface area contributed by atoms with Crippen LogP contribution in [0.5, 0.6) is 5.75 Å². The van der Waals surface area contributed by atoms with Crippen molar-refractivity contribution in [2.75, 3.05) is 6.61 Å². The number of hydrogen-bond acceptors (Lipinski definition) is 3. The molecular weight excluding hydrogens is 364 g/mol. The summed E-state index contributed by atoms with van der Waals surface area (Å²) in [6, 6.07) is 12.6. The monoisotopic (exact) mass is 388 g/mol. The summed E-state index contributed by atoms with van der Waals surface area (Å²) < 4.78 is 5.50. The second-order valence-electron chi connectivity index (χ2n) is 6.68. The molecule has 0 aliphatic carbocycles. The van der Waals surface area contributed by atoms with Gasteiger partial charge in [0.2, 0.25) is 0 Å². The van der Waals surface area contributed by atoms with Gasteiger partial charge in [-0.1, -0.05) is 56.6 Å². The Bertz CT molecular complexity index is 804. The number of nitrogens with two attached hydrogens (primary N) is 1. The minimum atomic E-state index is -0.663. The molecule has 0 radical (unpaired) electrons. The van der Waals surface area contributed by atoms with Gasteiger partial charge in [0.25, 0.3) is 11.8 Å². The van der Waals surface area contributed by atoms with Crippen molar-refractivity contribution in [3.63, 3.8) is 0 Å². The molecule has 0 heterocycles. The number of amides is 2. The normalized spacial score (nSPS) is 11.9. The highest BCUT2D eigenvalue weighted by Gasteiger charge is 2.19. The predicted molar refractivity (Wildman–Crippen MR) is 107 cm³/mol. The lowest BCUT2D eigenvalue weighted by Gasteiger charge is -2.23. The van der Waals surface area contributed by atoms with E-state index in [2.05, 4.69) is 24.4 Å². The van der Waals surface area contributed by atoms with Gasteiger partial charge in [-0.05, 0) is 41.7 Å². The molecule has 0 aliphatic heterocycles. The van der Waals surface area contributed by atoms with E-state index in [1.165, 1.54) is 17.7 Å². The summed E-state index contributed by atoms with van der Waals surface area (Å²) in [7, 11) is 0. The second kappa shape index (κ2) is 9.42. The van der Waals surface area contributed by atoms with Crippen LogP contribution in [0.1, 0.15) is 48.3 Å². The quantitative estimate of drug-likeness (QED) is 0.719. The average molecular weight is 389 g/mol. The molecule has 5 nitrogen and oxygen atoms in total. The van der Waals surface area contributed by atoms with E-state index in [1.54, 1.807) is 6.07 Å². The van der Waals surface area contributed by atoms with Gasteiger partial charge in [-0.25, -0.2) is 0 Å². The third kappa shape index (κ3) is 5.73. The maximum Gasteiger partial charge on any atom is 0.258 e. The van der Waals surface area contributed by atoms with Crippen molar-refractivity contribution in [2.24, 2.45) is 11.7 Å². The van der Waals surface area contributed by atoms with Gasteiger partial charge in [-0.2, -0.15) is 0 Å². The minimum Gasteiger partial charge on any atom is -0.483 e. The number of ether oxygens (including phenoxy) is 1. The van der Waals surface area contributed by atoms with Gasteiger partial charge in [-0.15, -0.1) is 0 Å². The third-order valence-corrected chi connectivity index (χ3v) is 4.53. The Morgan fingerprint density at radius 3 is 2.37 bits per heavy atom. The summed E-state index contributed by atoms with van der Waals surface area (Å²) in [5.41, 5.74) is 7.77. The molecule has 2 aromatic rings. The number of aryl methyl sites for hydroxylation is 1. The second-order valence-corrected chi connectivity index (χ2v) is 7.11. The van der Waals surface area contributed by atoms with Crippen LogP contribution in [0.2, 0.25) is 5.02 Å². The predicted octanol–water partition coefficient (Wildman–Crippen LogP) is 3.89. The lowest BCUT2D eigenvalue weighted by Crippen LogP contribution is -2.35. The molecule has 0 fully saturated rings. The van der Waals surface area contributed by atoms with Gasteiger partial charge < -0.3 is 15.8 Å². The van der Waals surface area contributed by atoms with Crippen molar-refractivity contribution >= 4 is 23.4 Å². The minimum absolute atomic E-state index is 0.132. The molecule has 0 spiro atoms. The van der Waals surface area contributed by atoms with Crippen LogP contribution in [0, 0.1) is 5.92 Å². The molecule has 2 aromatic carbocycles. The maximum atomic E-state index is 12.4. The Labute approximate surface area is 164 Å². The number of rotatable bonds is 8. The van der Waals surface area contributed by atoms with Gasteiger partial charge in [0.15, 0.2) is 6.61 Å². The molecular formula is C21H25ClN2O3. The molecule has 0 bridgehead atoms. The summed E-state index contributed by atoms with van der Waals surface area (Å²) >= 11 is 5.87. The fourth-order valence-corrected chi connectivity index (χ4v) is 2.95. The average Bonchev–Trinajstić information content (AvgIpc) is 2.64. The summed E-state index contributed by atoms with van der Waals surface area (Å²) in [5, 5.41) is 3.37. The van der Waals surface area contributed by atoms with Gasteiger partial charge in [0, 0.05) is 5.02 Å². The standard InChI is InChI=1S/C21H25ClN2O3/c1-4-14-5-7-15(8-6-14)20(13(2)3)24-19(25)12-27-18-10-9-16(22)11-17(18)21(23)26/h5-11,13,20H,4,12H2,1-3H3,(H2,23,26)(H,24,25)/t20-/m1/s1. The number of benzene rings is 2. The topological polar surface area (TPSA) is 81.4 Å². The molecule has 3 N–H and O–H groups in total. The highest BCUT2D eigenvalue weighted by Crippen LogP contribution is 2.24. The Morgan fingerprint density at radius 1 is 1.15 bits per heavy atom. The highest BCUT2D eigenvalue weighted by molar-refractivity contribution is 6.31. The SMILES string of the molecule is CCc1ccc([C@H](NC(=O)COc2ccc(Cl)cc2C(N)=O)C(C)C)cc1. The van der Waals surface area contributed by atoms with E-state index in [0.717, 1.165) is 12.0 Å². The third-order valence-electron chi connectivity index (χ3n) is 4.30. The van der Waals surface area contributed by atoms with E-state index in [0.29, 0.717) is 5.02 Å². The van der Waals surface area contributed by atoms with Gasteiger partial charge in [-0.3, -0.25) is 9.59 Å². The maximum absolute atomic E-state index is 12.4. The number of hydrogen-bond donors (Lipinski definition) is 2. The lowest BCUT2D eigenvalue weighted by atomic mass is 9.95. The number of carbonyl (C=O) groups excluding carboxylic acids is 2. The van der Waals surface area contributed by atoms with Crippen molar-refractivity contribution in [1.29, 1.82) is 0 Å². The van der Waals surface area contributed by atoms with E-state index in [1.807, 2.05) is 26.0 Å². The van der Waals surface area contributed by atoms with Crippen LogP contribution in [0.25, 0.3) is 0 Å². The fourth-order valence-electron chi connectivity index (χ4n) is 2.77. The first-order valence-electron chi connectivity index (χ1n) is 8.92. The highest BCUT2D eigenvalue weighted by atomic mass is 35.5. The van der Waals surface area contributed by atoms with Crippen LogP contribution < -0.4 is 15.8 Å². The molecule has 0 saturated carbocycles. The van der Waals surface area contributed by atoms with Crippen molar-refractivity contribution in [2.45, 2.75) is 33.2 Å². The molecule has 2 amide bonds. The van der Waals surface area contributed by atoms with Crippen LogP contribution in [-0.4, -0.2) is 18.4 Å². The number of halogens is 1. The first-order chi connectivity index (χ1) is 12.8. The molecule has 0 aromatic heterocycles. The van der Waals surface area contributed by atoms with Crippen LogP contribution in [0.4, 0.5) is 0 Å². The van der Waals surface area contributed by atoms with Crippen LogP contribution in [0.3, 0.4) is 0 Å². The smallest absolute Gasteiger partial charge is 0.258 e. The zero-order valence-corrected chi connectivity index (χ0v) is 16.5. The van der Waals surface area contributed by atoms with Gasteiger partial charge in [0.1, 0.15) is 5.75 Å². The van der Waals surface area contributed by atoms with E-state index in [-0.39, 0.29) is 35.8 Å². The number of primary amides is 1. The first-order valence-corrected chi connectivity index (χ1v) is 9.30. The molecule has 0 aliphatic rings. The molecule has 0 unspecified atom stereocenters. The van der Waals surface area contributed by atoms with Crippen LogP contribution in [0.15, 0.2) is 42.5 Å². The van der Waals surface area contributed by atoms with Crippen LogP contribution in [-0.2, 0) is 11.2 Å².